The molecule has 0 saturated heterocycles. The Morgan fingerprint density at radius 2 is 2.22 bits per heavy atom. The number of rotatable bonds is 5. The minimum atomic E-state index is 0.0975. The van der Waals surface area contributed by atoms with Gasteiger partial charge in [-0.05, 0) is 47.0 Å². The molecule has 0 unspecified atom stereocenters. The van der Waals surface area contributed by atoms with E-state index in [0.29, 0.717) is 11.6 Å². The second-order valence-corrected chi connectivity index (χ2v) is 5.92. The summed E-state index contributed by atoms with van der Waals surface area (Å²) in [6, 6.07) is 5.88. The summed E-state index contributed by atoms with van der Waals surface area (Å²) in [4.78, 5) is 14.4. The number of halogens is 2. The van der Waals surface area contributed by atoms with Crippen molar-refractivity contribution in [3.63, 3.8) is 0 Å². The molecule has 1 fully saturated rings. The van der Waals surface area contributed by atoms with E-state index in [-0.39, 0.29) is 5.91 Å². The molecule has 1 aromatic carbocycles. The van der Waals surface area contributed by atoms with Gasteiger partial charge in [0.2, 0.25) is 0 Å². The molecule has 0 bridgehead atoms. The first kappa shape index (κ1) is 13.9. The van der Waals surface area contributed by atoms with Crippen LogP contribution in [-0.2, 0) is 0 Å². The van der Waals surface area contributed by atoms with Crippen molar-refractivity contribution in [2.75, 3.05) is 19.0 Å². The summed E-state index contributed by atoms with van der Waals surface area (Å²) < 4.78 is 5.98. The number of nitrogens with zero attached hydrogens (tertiary/aromatic N) is 1. The summed E-state index contributed by atoms with van der Waals surface area (Å²) >= 11 is 6.81. The minimum Gasteiger partial charge on any atom is -0.496 e. The molecular weight excluding hydrogens is 362 g/mol. The smallest absolute Gasteiger partial charge is 0.254 e. The molecule has 3 nitrogen and oxygen atoms in total. The van der Waals surface area contributed by atoms with E-state index in [0.717, 1.165) is 34.9 Å². The van der Waals surface area contributed by atoms with Crippen LogP contribution in [0, 0.1) is 0 Å². The molecule has 1 aromatic rings. The zero-order chi connectivity index (χ0) is 13.1. The van der Waals surface area contributed by atoms with Crippen LogP contribution in [0.5, 0.6) is 5.75 Å². The molecule has 0 aromatic heterocycles. The third-order valence-corrected chi connectivity index (χ3v) is 3.95. The first-order chi connectivity index (χ1) is 8.67. The van der Waals surface area contributed by atoms with E-state index in [1.807, 2.05) is 23.1 Å². The average molecular weight is 377 g/mol. The highest BCUT2D eigenvalue weighted by atomic mass is 79.9. The fourth-order valence-electron chi connectivity index (χ4n) is 1.89. The molecule has 1 aliphatic rings. The summed E-state index contributed by atoms with van der Waals surface area (Å²) in [5.41, 5.74) is 0.704. The number of ether oxygens (including phenoxy) is 1. The van der Waals surface area contributed by atoms with Gasteiger partial charge in [0.15, 0.2) is 0 Å². The lowest BCUT2D eigenvalue weighted by Gasteiger charge is -2.21. The van der Waals surface area contributed by atoms with Crippen LogP contribution >= 0.6 is 31.9 Å². The standard InChI is InChI=1S/C13H15Br2NO2/c1-18-12-5-2-9(8-11(12)15)13(17)16(7-6-14)10-3-4-10/h2,5,8,10H,3-4,6-7H2,1H3. The van der Waals surface area contributed by atoms with Crippen LogP contribution < -0.4 is 4.74 Å². The van der Waals surface area contributed by atoms with E-state index in [1.54, 1.807) is 7.11 Å². The van der Waals surface area contributed by atoms with Gasteiger partial charge in [0, 0.05) is 23.5 Å². The molecule has 0 heterocycles. The van der Waals surface area contributed by atoms with Gasteiger partial charge in [0.05, 0.1) is 11.6 Å². The molecule has 98 valence electrons. The third-order valence-electron chi connectivity index (χ3n) is 2.97. The number of carbonyl (C=O) groups excluding carboxylic acids is 1. The summed E-state index contributed by atoms with van der Waals surface area (Å²) in [5, 5.41) is 0.812. The van der Waals surface area contributed by atoms with Crippen LogP contribution in [0.1, 0.15) is 23.2 Å². The lowest BCUT2D eigenvalue weighted by Crippen LogP contribution is -2.34. The van der Waals surface area contributed by atoms with E-state index < -0.39 is 0 Å². The van der Waals surface area contributed by atoms with Crippen molar-refractivity contribution in [1.29, 1.82) is 0 Å². The van der Waals surface area contributed by atoms with Crippen LogP contribution in [-0.4, -0.2) is 35.8 Å². The average Bonchev–Trinajstić information content (AvgIpc) is 3.19. The van der Waals surface area contributed by atoms with Crippen molar-refractivity contribution in [2.45, 2.75) is 18.9 Å². The van der Waals surface area contributed by atoms with Crippen LogP contribution in [0.2, 0.25) is 0 Å². The third kappa shape index (κ3) is 3.06. The predicted molar refractivity (Wildman–Crippen MR) is 78.5 cm³/mol. The minimum absolute atomic E-state index is 0.0975. The first-order valence-electron chi connectivity index (χ1n) is 5.88. The van der Waals surface area contributed by atoms with Crippen LogP contribution in [0.3, 0.4) is 0 Å². The van der Waals surface area contributed by atoms with Gasteiger partial charge in [0.1, 0.15) is 5.75 Å². The van der Waals surface area contributed by atoms with E-state index in [9.17, 15) is 4.79 Å². The van der Waals surface area contributed by atoms with Gasteiger partial charge in [-0.15, -0.1) is 0 Å². The Labute approximate surface area is 124 Å². The fraction of sp³-hybridized carbons (Fsp3) is 0.462. The molecule has 0 N–H and O–H groups in total. The number of benzene rings is 1. The predicted octanol–water partition coefficient (Wildman–Crippen LogP) is 3.46. The fourth-order valence-corrected chi connectivity index (χ4v) is 2.82. The van der Waals surface area contributed by atoms with Crippen molar-refractivity contribution >= 4 is 37.8 Å². The highest BCUT2D eigenvalue weighted by Crippen LogP contribution is 2.30. The largest absolute Gasteiger partial charge is 0.496 e. The normalized spacial score (nSPS) is 14.4. The van der Waals surface area contributed by atoms with Gasteiger partial charge in [-0.2, -0.15) is 0 Å². The Hall–Kier alpha value is -0.550. The van der Waals surface area contributed by atoms with Gasteiger partial charge >= 0.3 is 0 Å². The zero-order valence-corrected chi connectivity index (χ0v) is 13.3. The number of hydrogen-bond donors (Lipinski definition) is 0. The highest BCUT2D eigenvalue weighted by molar-refractivity contribution is 9.10. The van der Waals surface area contributed by atoms with Crippen LogP contribution in [0.25, 0.3) is 0 Å². The quantitative estimate of drug-likeness (QED) is 0.736. The molecular formula is C13H15Br2NO2. The van der Waals surface area contributed by atoms with Gasteiger partial charge < -0.3 is 9.64 Å². The molecule has 0 radical (unpaired) electrons. The van der Waals surface area contributed by atoms with Gasteiger partial charge in [0.25, 0.3) is 5.91 Å². The van der Waals surface area contributed by atoms with Crippen LogP contribution in [0.15, 0.2) is 22.7 Å². The van der Waals surface area contributed by atoms with E-state index >= 15 is 0 Å². The molecule has 18 heavy (non-hydrogen) atoms. The van der Waals surface area contributed by atoms with Gasteiger partial charge in [-0.25, -0.2) is 0 Å². The van der Waals surface area contributed by atoms with E-state index in [4.69, 9.17) is 4.74 Å². The molecule has 1 saturated carbocycles. The van der Waals surface area contributed by atoms with Crippen molar-refractivity contribution in [3.05, 3.63) is 28.2 Å². The number of hydrogen-bond acceptors (Lipinski definition) is 2. The maximum Gasteiger partial charge on any atom is 0.254 e. The zero-order valence-electron chi connectivity index (χ0n) is 10.2. The van der Waals surface area contributed by atoms with Gasteiger partial charge in [-0.1, -0.05) is 15.9 Å². The highest BCUT2D eigenvalue weighted by Gasteiger charge is 2.32. The maximum absolute atomic E-state index is 12.4. The van der Waals surface area contributed by atoms with Crippen LogP contribution in [0.4, 0.5) is 0 Å². The number of alkyl halides is 1. The molecule has 5 heteroatoms. The Balaban J connectivity index is 2.18. The molecule has 0 aliphatic heterocycles. The maximum atomic E-state index is 12.4. The van der Waals surface area contributed by atoms with Crippen molar-refractivity contribution in [1.82, 2.24) is 4.90 Å². The topological polar surface area (TPSA) is 29.5 Å². The Kier molecular flexibility index (Phi) is 4.67. The SMILES string of the molecule is COc1ccc(C(=O)N(CCBr)C2CC2)cc1Br. The summed E-state index contributed by atoms with van der Waals surface area (Å²) in [7, 11) is 1.61. The van der Waals surface area contributed by atoms with Crippen molar-refractivity contribution in [2.24, 2.45) is 0 Å². The summed E-state index contributed by atoms with van der Waals surface area (Å²) in [6.07, 6.45) is 2.24. The second-order valence-electron chi connectivity index (χ2n) is 4.27. The number of amides is 1. The van der Waals surface area contributed by atoms with E-state index in [1.165, 1.54) is 0 Å². The molecule has 0 atom stereocenters. The number of carbonyl (C=O) groups is 1. The van der Waals surface area contributed by atoms with E-state index in [2.05, 4.69) is 31.9 Å². The number of methoxy groups -OCH3 is 1. The Morgan fingerprint density at radius 3 is 2.72 bits per heavy atom. The van der Waals surface area contributed by atoms with Crippen molar-refractivity contribution < 1.29 is 9.53 Å². The lowest BCUT2D eigenvalue weighted by atomic mass is 10.2. The molecule has 1 amide bonds. The monoisotopic (exact) mass is 375 g/mol. The lowest BCUT2D eigenvalue weighted by molar-refractivity contribution is 0.0754. The first-order valence-corrected chi connectivity index (χ1v) is 7.79. The molecule has 1 aliphatic carbocycles. The Bertz CT molecular complexity index is 447. The summed E-state index contributed by atoms with van der Waals surface area (Å²) in [6.45, 7) is 0.757. The Morgan fingerprint density at radius 1 is 1.50 bits per heavy atom. The second kappa shape index (κ2) is 6.06. The van der Waals surface area contributed by atoms with Crippen molar-refractivity contribution in [3.8, 4) is 5.75 Å². The summed E-state index contributed by atoms with van der Waals surface area (Å²) in [5.74, 6) is 0.838. The molecule has 2 rings (SSSR count). The molecule has 0 spiro atoms. The van der Waals surface area contributed by atoms with Gasteiger partial charge in [-0.3, -0.25) is 4.79 Å².